The highest BCUT2D eigenvalue weighted by molar-refractivity contribution is 6.38. The normalized spacial score (nSPS) is 11.1. The van der Waals surface area contributed by atoms with Crippen LogP contribution in [0, 0.1) is 0 Å². The van der Waals surface area contributed by atoms with Gasteiger partial charge in [-0.25, -0.2) is 4.98 Å². The molecule has 0 spiro atoms. The van der Waals surface area contributed by atoms with Crippen LogP contribution in [0.15, 0.2) is 64.2 Å². The van der Waals surface area contributed by atoms with Crippen molar-refractivity contribution >= 4 is 34.1 Å². The lowest BCUT2D eigenvalue weighted by atomic mass is 10.1. The average Bonchev–Trinajstić information content (AvgIpc) is 3.07. The Morgan fingerprint density at radius 1 is 1.08 bits per heavy atom. The minimum atomic E-state index is -0.243. The third kappa shape index (κ3) is 3.04. The molecule has 0 N–H and O–H groups in total. The Kier molecular flexibility index (Phi) is 4.03. The van der Waals surface area contributed by atoms with Crippen molar-refractivity contribution in [1.82, 2.24) is 14.7 Å². The maximum Gasteiger partial charge on any atom is 0.261 e. The molecule has 124 valence electrons. The fourth-order valence-electron chi connectivity index (χ4n) is 2.61. The third-order valence-electron chi connectivity index (χ3n) is 3.80. The van der Waals surface area contributed by atoms with E-state index < -0.39 is 0 Å². The quantitative estimate of drug-likeness (QED) is 0.535. The molecule has 0 bridgehead atoms. The van der Waals surface area contributed by atoms with Crippen LogP contribution in [-0.4, -0.2) is 14.7 Å². The lowest BCUT2D eigenvalue weighted by molar-refractivity contribution is 0.376. The van der Waals surface area contributed by atoms with Gasteiger partial charge in [0, 0.05) is 16.7 Å². The summed E-state index contributed by atoms with van der Waals surface area (Å²) in [5, 5.41) is 5.15. The lowest BCUT2D eigenvalue weighted by Crippen LogP contribution is -2.21. The highest BCUT2D eigenvalue weighted by Crippen LogP contribution is 2.24. The van der Waals surface area contributed by atoms with Crippen LogP contribution in [0.25, 0.3) is 22.2 Å². The first-order valence-electron chi connectivity index (χ1n) is 7.47. The fourth-order valence-corrected chi connectivity index (χ4v) is 3.15. The molecule has 25 heavy (non-hydrogen) atoms. The van der Waals surface area contributed by atoms with Gasteiger partial charge in [0.25, 0.3) is 5.56 Å². The van der Waals surface area contributed by atoms with Crippen molar-refractivity contribution in [1.29, 1.82) is 0 Å². The zero-order chi connectivity index (χ0) is 17.4. The number of aromatic nitrogens is 3. The van der Waals surface area contributed by atoms with Gasteiger partial charge < -0.3 is 4.52 Å². The molecule has 2 heterocycles. The summed E-state index contributed by atoms with van der Waals surface area (Å²) in [6, 6.07) is 14.6. The van der Waals surface area contributed by atoms with Gasteiger partial charge in [0.1, 0.15) is 5.69 Å². The van der Waals surface area contributed by atoms with E-state index in [-0.39, 0.29) is 12.1 Å². The molecule has 0 atom stereocenters. The van der Waals surface area contributed by atoms with E-state index in [0.717, 1.165) is 5.56 Å². The molecule has 0 aliphatic rings. The van der Waals surface area contributed by atoms with E-state index in [1.165, 1.54) is 10.9 Å². The van der Waals surface area contributed by atoms with Gasteiger partial charge in [0.05, 0.1) is 28.8 Å². The van der Waals surface area contributed by atoms with Crippen molar-refractivity contribution in [3.05, 3.63) is 81.0 Å². The summed E-state index contributed by atoms with van der Waals surface area (Å²) < 4.78 is 6.78. The first-order valence-corrected chi connectivity index (χ1v) is 8.22. The minimum absolute atomic E-state index is 0.214. The predicted molar refractivity (Wildman–Crippen MR) is 97.1 cm³/mol. The summed E-state index contributed by atoms with van der Waals surface area (Å²) in [6.07, 6.45) is 1.44. The highest BCUT2D eigenvalue weighted by atomic mass is 35.5. The van der Waals surface area contributed by atoms with Crippen LogP contribution in [0.4, 0.5) is 0 Å². The summed E-state index contributed by atoms with van der Waals surface area (Å²) in [5.41, 5.74) is 1.84. The van der Waals surface area contributed by atoms with Crippen molar-refractivity contribution in [2.45, 2.75) is 6.54 Å². The second kappa shape index (κ2) is 6.35. The molecule has 7 heteroatoms. The Balaban J connectivity index is 1.71. The maximum atomic E-state index is 12.7. The average molecular weight is 372 g/mol. The second-order valence-electron chi connectivity index (χ2n) is 5.51. The number of hydrogen-bond acceptors (Lipinski definition) is 4. The van der Waals surface area contributed by atoms with Gasteiger partial charge in [0.15, 0.2) is 5.76 Å². The molecular formula is C18H11Cl2N3O2. The summed E-state index contributed by atoms with van der Waals surface area (Å²) in [4.78, 5) is 16.9. The van der Waals surface area contributed by atoms with E-state index in [1.54, 1.807) is 18.2 Å². The molecule has 2 aromatic carbocycles. The Hall–Kier alpha value is -2.63. The van der Waals surface area contributed by atoms with Gasteiger partial charge >= 0.3 is 0 Å². The molecule has 4 rings (SSSR count). The molecule has 0 amide bonds. The number of benzene rings is 2. The Bertz CT molecular complexity index is 1120. The van der Waals surface area contributed by atoms with Gasteiger partial charge in [0.2, 0.25) is 0 Å². The van der Waals surface area contributed by atoms with E-state index in [9.17, 15) is 4.79 Å². The van der Waals surface area contributed by atoms with Crippen molar-refractivity contribution in [2.24, 2.45) is 0 Å². The Morgan fingerprint density at radius 3 is 2.68 bits per heavy atom. The zero-order valence-electron chi connectivity index (χ0n) is 12.8. The topological polar surface area (TPSA) is 60.9 Å². The van der Waals surface area contributed by atoms with Gasteiger partial charge in [-0.05, 0) is 12.1 Å². The predicted octanol–water partition coefficient (Wildman–Crippen LogP) is 4.41. The largest absolute Gasteiger partial charge is 0.359 e. The lowest BCUT2D eigenvalue weighted by Gasteiger charge is -2.05. The van der Waals surface area contributed by atoms with Gasteiger partial charge in [-0.15, -0.1) is 0 Å². The number of rotatable bonds is 3. The van der Waals surface area contributed by atoms with E-state index in [1.807, 2.05) is 30.3 Å². The molecule has 0 aliphatic heterocycles. The second-order valence-corrected chi connectivity index (χ2v) is 6.35. The molecule has 0 aliphatic carbocycles. The third-order valence-corrected chi connectivity index (χ3v) is 4.31. The molecule has 4 aromatic rings. The summed E-state index contributed by atoms with van der Waals surface area (Å²) in [5.74, 6) is 0.551. The zero-order valence-corrected chi connectivity index (χ0v) is 14.3. The minimum Gasteiger partial charge on any atom is -0.359 e. The monoisotopic (exact) mass is 371 g/mol. The van der Waals surface area contributed by atoms with Crippen molar-refractivity contribution in [3.63, 3.8) is 0 Å². The van der Waals surface area contributed by atoms with Crippen molar-refractivity contribution < 1.29 is 4.52 Å². The first-order chi connectivity index (χ1) is 12.1. The Morgan fingerprint density at radius 2 is 1.88 bits per heavy atom. The number of hydrogen-bond donors (Lipinski definition) is 0. The molecule has 0 radical (unpaired) electrons. The number of nitrogens with zero attached hydrogens (tertiary/aromatic N) is 3. The van der Waals surface area contributed by atoms with Gasteiger partial charge in [-0.2, -0.15) is 0 Å². The molecule has 0 saturated carbocycles. The molecule has 2 aromatic heterocycles. The van der Waals surface area contributed by atoms with Crippen LogP contribution in [0.1, 0.15) is 5.76 Å². The van der Waals surface area contributed by atoms with Gasteiger partial charge in [-0.3, -0.25) is 9.36 Å². The van der Waals surface area contributed by atoms with Crippen LogP contribution < -0.4 is 5.56 Å². The van der Waals surface area contributed by atoms with Gasteiger partial charge in [-0.1, -0.05) is 58.7 Å². The van der Waals surface area contributed by atoms with Crippen LogP contribution >= 0.6 is 23.2 Å². The molecule has 0 unspecified atom stereocenters. The van der Waals surface area contributed by atoms with Crippen molar-refractivity contribution in [3.8, 4) is 11.3 Å². The smallest absolute Gasteiger partial charge is 0.261 e. The SMILES string of the molecule is O=c1c2cc(Cl)cc(Cl)c2ncn1Cc1cc(-c2ccccc2)no1. The summed E-state index contributed by atoms with van der Waals surface area (Å²) in [6.45, 7) is 0.214. The number of halogens is 2. The van der Waals surface area contributed by atoms with Crippen LogP contribution in [0.5, 0.6) is 0 Å². The fraction of sp³-hybridized carbons (Fsp3) is 0.0556. The van der Waals surface area contributed by atoms with E-state index in [2.05, 4.69) is 10.1 Å². The molecule has 0 saturated heterocycles. The molecule has 5 nitrogen and oxygen atoms in total. The van der Waals surface area contributed by atoms with Crippen LogP contribution in [0.2, 0.25) is 10.0 Å². The van der Waals surface area contributed by atoms with E-state index in [0.29, 0.717) is 32.4 Å². The Labute approximate surface area is 152 Å². The standard InChI is InChI=1S/C18H11Cl2N3O2/c19-12-6-14-17(15(20)7-12)21-10-23(18(14)24)9-13-8-16(22-25-13)11-4-2-1-3-5-11/h1-8,10H,9H2. The molecule has 0 fully saturated rings. The highest BCUT2D eigenvalue weighted by Gasteiger charge is 2.12. The van der Waals surface area contributed by atoms with Crippen LogP contribution in [0.3, 0.4) is 0 Å². The molecular weight excluding hydrogens is 361 g/mol. The summed E-state index contributed by atoms with van der Waals surface area (Å²) >= 11 is 12.1. The van der Waals surface area contributed by atoms with Crippen molar-refractivity contribution in [2.75, 3.05) is 0 Å². The maximum absolute atomic E-state index is 12.7. The van der Waals surface area contributed by atoms with Crippen LogP contribution in [-0.2, 0) is 6.54 Å². The first kappa shape index (κ1) is 15.9. The van der Waals surface area contributed by atoms with E-state index >= 15 is 0 Å². The summed E-state index contributed by atoms with van der Waals surface area (Å²) in [7, 11) is 0. The number of fused-ring (bicyclic) bond motifs is 1. The van der Waals surface area contributed by atoms with E-state index in [4.69, 9.17) is 27.7 Å².